The standard InChI is InChI=1S/C29H40F3N3O2S/c1-4-6-26(36)19(3)7-9-22(5-2)33-28(37)24-15-20(24)17-34-11-13-35(14-12-34)25-18-38-27-16-21(29(30,31)32)8-10-23(25)27/h8,10,16,18-20,22,24H,4-7,9,11-15,17H2,1-3H3,(H,33,37)/t19-,20?,22?,24+/m1/s1. The minimum absolute atomic E-state index is 0.0534. The number of hydrogen-bond acceptors (Lipinski definition) is 5. The minimum atomic E-state index is -4.33. The van der Waals surface area contributed by atoms with Crippen LogP contribution in [0.5, 0.6) is 0 Å². The van der Waals surface area contributed by atoms with Gasteiger partial charge in [0, 0.05) is 72.5 Å². The van der Waals surface area contributed by atoms with E-state index in [9.17, 15) is 22.8 Å². The topological polar surface area (TPSA) is 52.7 Å². The summed E-state index contributed by atoms with van der Waals surface area (Å²) in [6.07, 6.45) is 0.637. The Balaban J connectivity index is 1.21. The highest BCUT2D eigenvalue weighted by atomic mass is 32.1. The number of carbonyl (C=O) groups is 2. The molecule has 38 heavy (non-hydrogen) atoms. The summed E-state index contributed by atoms with van der Waals surface area (Å²) in [4.78, 5) is 29.6. The van der Waals surface area contributed by atoms with Crippen molar-refractivity contribution in [2.75, 3.05) is 37.6 Å². The molecule has 9 heteroatoms. The van der Waals surface area contributed by atoms with E-state index in [-0.39, 0.29) is 23.8 Å². The zero-order valence-electron chi connectivity index (χ0n) is 22.7. The third-order valence-electron chi connectivity index (χ3n) is 8.18. The van der Waals surface area contributed by atoms with Gasteiger partial charge in [-0.25, -0.2) is 0 Å². The van der Waals surface area contributed by atoms with Crippen LogP contribution in [0.25, 0.3) is 10.1 Å². The zero-order valence-corrected chi connectivity index (χ0v) is 23.5. The Bertz CT molecular complexity index is 1110. The Hall–Kier alpha value is -2.13. The van der Waals surface area contributed by atoms with Gasteiger partial charge in [-0.05, 0) is 50.2 Å². The minimum Gasteiger partial charge on any atom is -0.368 e. The summed E-state index contributed by atoms with van der Waals surface area (Å²) in [6, 6.07) is 4.13. The zero-order chi connectivity index (χ0) is 27.4. The first-order chi connectivity index (χ1) is 18.1. The van der Waals surface area contributed by atoms with Crippen molar-refractivity contribution in [2.24, 2.45) is 17.8 Å². The second kappa shape index (κ2) is 12.4. The van der Waals surface area contributed by atoms with Gasteiger partial charge in [0.05, 0.1) is 11.3 Å². The Morgan fingerprint density at radius 3 is 2.53 bits per heavy atom. The van der Waals surface area contributed by atoms with Crippen LogP contribution >= 0.6 is 11.3 Å². The van der Waals surface area contributed by atoms with Crippen LogP contribution in [-0.4, -0.2) is 55.4 Å². The van der Waals surface area contributed by atoms with Gasteiger partial charge in [0.25, 0.3) is 0 Å². The smallest absolute Gasteiger partial charge is 0.368 e. The van der Waals surface area contributed by atoms with E-state index in [1.165, 1.54) is 23.5 Å². The highest BCUT2D eigenvalue weighted by Gasteiger charge is 2.44. The van der Waals surface area contributed by atoms with Crippen LogP contribution in [-0.2, 0) is 15.8 Å². The number of alkyl halides is 3. The van der Waals surface area contributed by atoms with Crippen molar-refractivity contribution in [1.29, 1.82) is 0 Å². The Morgan fingerprint density at radius 2 is 1.87 bits per heavy atom. The van der Waals surface area contributed by atoms with E-state index in [1.54, 1.807) is 6.07 Å². The van der Waals surface area contributed by atoms with Crippen molar-refractivity contribution in [3.63, 3.8) is 0 Å². The molecule has 2 heterocycles. The lowest BCUT2D eigenvalue weighted by atomic mass is 9.94. The van der Waals surface area contributed by atoms with Gasteiger partial charge in [-0.1, -0.05) is 26.8 Å². The van der Waals surface area contributed by atoms with Gasteiger partial charge in [-0.3, -0.25) is 14.5 Å². The lowest BCUT2D eigenvalue weighted by molar-refractivity contribution is -0.137. The fraction of sp³-hybridized carbons (Fsp3) is 0.655. The maximum atomic E-state index is 13.1. The number of hydrogen-bond donors (Lipinski definition) is 1. The summed E-state index contributed by atoms with van der Waals surface area (Å²) in [5.74, 6) is 0.976. The molecule has 1 N–H and O–H groups in total. The fourth-order valence-electron chi connectivity index (χ4n) is 5.50. The van der Waals surface area contributed by atoms with E-state index in [2.05, 4.69) is 22.0 Å². The largest absolute Gasteiger partial charge is 0.416 e. The van der Waals surface area contributed by atoms with E-state index in [4.69, 9.17) is 0 Å². The summed E-state index contributed by atoms with van der Waals surface area (Å²) in [6.45, 7) is 10.4. The Morgan fingerprint density at radius 1 is 1.13 bits per heavy atom. The molecule has 2 aromatic rings. The number of amides is 1. The monoisotopic (exact) mass is 551 g/mol. The molecule has 2 aliphatic rings. The molecule has 0 radical (unpaired) electrons. The number of piperazine rings is 1. The molecule has 1 amide bonds. The van der Waals surface area contributed by atoms with Gasteiger partial charge in [0.1, 0.15) is 5.78 Å². The molecule has 0 spiro atoms. The van der Waals surface area contributed by atoms with Crippen LogP contribution in [0.3, 0.4) is 0 Å². The maximum Gasteiger partial charge on any atom is 0.416 e. The number of carbonyl (C=O) groups excluding carboxylic acids is 2. The fourth-order valence-corrected chi connectivity index (χ4v) is 6.51. The predicted octanol–water partition coefficient (Wildman–Crippen LogP) is 6.36. The summed E-state index contributed by atoms with van der Waals surface area (Å²) in [5.41, 5.74) is 0.409. The number of thiophene rings is 1. The highest BCUT2D eigenvalue weighted by Crippen LogP contribution is 2.41. The first-order valence-electron chi connectivity index (χ1n) is 14.0. The van der Waals surface area contributed by atoms with Gasteiger partial charge in [-0.2, -0.15) is 13.2 Å². The van der Waals surface area contributed by atoms with Crippen LogP contribution in [0.1, 0.15) is 64.9 Å². The number of ketones is 1. The molecule has 210 valence electrons. The number of nitrogens with one attached hydrogen (secondary N) is 1. The van der Waals surface area contributed by atoms with E-state index in [0.29, 0.717) is 22.8 Å². The second-order valence-electron chi connectivity index (χ2n) is 11.0. The van der Waals surface area contributed by atoms with Crippen LogP contribution in [0, 0.1) is 17.8 Å². The van der Waals surface area contributed by atoms with E-state index in [0.717, 1.165) is 75.9 Å². The Kier molecular flexibility index (Phi) is 9.40. The third kappa shape index (κ3) is 7.08. The van der Waals surface area contributed by atoms with Gasteiger partial charge < -0.3 is 10.2 Å². The normalized spacial score (nSPS) is 21.9. The van der Waals surface area contributed by atoms with Gasteiger partial charge >= 0.3 is 6.18 Å². The van der Waals surface area contributed by atoms with Crippen molar-refractivity contribution in [3.05, 3.63) is 29.1 Å². The van der Waals surface area contributed by atoms with Crippen molar-refractivity contribution in [3.8, 4) is 0 Å². The Labute approximate surface area is 227 Å². The molecule has 1 aliphatic heterocycles. The quantitative estimate of drug-likeness (QED) is 0.334. The van der Waals surface area contributed by atoms with Crippen LogP contribution in [0.4, 0.5) is 18.9 Å². The summed E-state index contributed by atoms with van der Waals surface area (Å²) in [5, 5.41) is 6.08. The molecule has 4 rings (SSSR count). The van der Waals surface area contributed by atoms with E-state index in [1.807, 2.05) is 19.2 Å². The molecule has 0 bridgehead atoms. The van der Waals surface area contributed by atoms with Crippen molar-refractivity contribution < 1.29 is 22.8 Å². The molecule has 1 saturated heterocycles. The van der Waals surface area contributed by atoms with Crippen LogP contribution in [0.15, 0.2) is 23.6 Å². The lowest BCUT2D eigenvalue weighted by Gasteiger charge is -2.36. The number of rotatable bonds is 12. The molecule has 1 aromatic carbocycles. The maximum absolute atomic E-state index is 13.1. The summed E-state index contributed by atoms with van der Waals surface area (Å²) < 4.78 is 39.8. The first kappa shape index (κ1) is 28.9. The highest BCUT2D eigenvalue weighted by molar-refractivity contribution is 7.17. The summed E-state index contributed by atoms with van der Waals surface area (Å²) >= 11 is 1.36. The molecular weight excluding hydrogens is 511 g/mol. The SMILES string of the molecule is CCCC(=O)[C@H](C)CCC(CC)NC(=O)[C@H]1CC1CN1CCN(c2csc3cc(C(F)(F)F)ccc23)CC1. The average molecular weight is 552 g/mol. The molecule has 2 unspecified atom stereocenters. The van der Waals surface area contributed by atoms with Crippen LogP contribution in [0.2, 0.25) is 0 Å². The number of benzene rings is 1. The van der Waals surface area contributed by atoms with E-state index < -0.39 is 11.7 Å². The average Bonchev–Trinajstić information content (AvgIpc) is 3.53. The second-order valence-corrected chi connectivity index (χ2v) is 11.9. The van der Waals surface area contributed by atoms with Crippen molar-refractivity contribution in [2.45, 2.75) is 71.5 Å². The lowest BCUT2D eigenvalue weighted by Crippen LogP contribution is -2.47. The number of halogens is 3. The summed E-state index contributed by atoms with van der Waals surface area (Å²) in [7, 11) is 0. The molecule has 2 fully saturated rings. The number of fused-ring (bicyclic) bond motifs is 1. The molecular formula is C29H40F3N3O2S. The molecule has 1 aliphatic carbocycles. The molecule has 5 nitrogen and oxygen atoms in total. The predicted molar refractivity (Wildman–Crippen MR) is 148 cm³/mol. The molecule has 4 atom stereocenters. The van der Waals surface area contributed by atoms with Gasteiger partial charge in [-0.15, -0.1) is 11.3 Å². The number of Topliss-reactive ketones (excluding diaryl/α,β-unsaturated/α-hetero) is 1. The first-order valence-corrected chi connectivity index (χ1v) is 14.9. The van der Waals surface area contributed by atoms with Gasteiger partial charge in [0.15, 0.2) is 0 Å². The van der Waals surface area contributed by atoms with Gasteiger partial charge in [0.2, 0.25) is 5.91 Å². The van der Waals surface area contributed by atoms with Crippen molar-refractivity contribution >= 4 is 38.8 Å². The third-order valence-corrected chi connectivity index (χ3v) is 9.11. The number of nitrogens with zero attached hydrogens (tertiary/aromatic N) is 2. The molecule has 1 saturated carbocycles. The van der Waals surface area contributed by atoms with E-state index >= 15 is 0 Å². The van der Waals surface area contributed by atoms with Crippen molar-refractivity contribution in [1.82, 2.24) is 10.2 Å². The number of anilines is 1. The van der Waals surface area contributed by atoms with Crippen LogP contribution < -0.4 is 10.2 Å². The molecule has 1 aromatic heterocycles.